The summed E-state index contributed by atoms with van der Waals surface area (Å²) < 4.78 is 0. The lowest BCUT2D eigenvalue weighted by atomic mass is 9.88. The van der Waals surface area contributed by atoms with E-state index in [1.165, 1.54) is 18.4 Å². The van der Waals surface area contributed by atoms with Crippen LogP contribution in [-0.4, -0.2) is 18.2 Å². The van der Waals surface area contributed by atoms with Gasteiger partial charge in [-0.25, -0.2) is 0 Å². The molecule has 0 bridgehead atoms. The lowest BCUT2D eigenvalue weighted by Gasteiger charge is -2.25. The van der Waals surface area contributed by atoms with Crippen LogP contribution in [0.3, 0.4) is 0 Å². The molecule has 0 radical (unpaired) electrons. The molecule has 1 aromatic carbocycles. The number of aromatic hydroxyl groups is 1. The molecule has 0 spiro atoms. The molecule has 2 aliphatic rings. The lowest BCUT2D eigenvalue weighted by Crippen LogP contribution is -2.26. The fraction of sp³-hybridized carbons (Fsp3) is 0.571. The minimum atomic E-state index is 0.381. The van der Waals surface area contributed by atoms with E-state index in [4.69, 9.17) is 11.6 Å². The number of rotatable bonds is 2. The van der Waals surface area contributed by atoms with E-state index in [1.54, 1.807) is 0 Å². The number of phenolic OH excluding ortho intramolecular Hbond substituents is 1. The highest BCUT2D eigenvalue weighted by atomic mass is 35.5. The summed E-state index contributed by atoms with van der Waals surface area (Å²) in [5, 5.41) is 14.2. The quantitative estimate of drug-likeness (QED) is 0.845. The number of piperidine rings is 1. The first-order chi connectivity index (χ1) is 8.27. The van der Waals surface area contributed by atoms with E-state index in [-0.39, 0.29) is 0 Å². The number of nitrogens with one attached hydrogen (secondary N) is 1. The van der Waals surface area contributed by atoms with Gasteiger partial charge in [-0.3, -0.25) is 0 Å². The van der Waals surface area contributed by atoms with Crippen molar-refractivity contribution in [2.75, 3.05) is 13.1 Å². The zero-order valence-corrected chi connectivity index (χ0v) is 10.6. The molecular formula is C14H18ClNO. The predicted octanol–water partition coefficient (Wildman–Crippen LogP) is 3.39. The number of benzene rings is 1. The molecule has 1 heterocycles. The van der Waals surface area contributed by atoms with Gasteiger partial charge in [-0.15, -0.1) is 0 Å². The monoisotopic (exact) mass is 251 g/mol. The number of halogens is 1. The van der Waals surface area contributed by atoms with Crippen molar-refractivity contribution in [3.8, 4) is 5.75 Å². The molecule has 17 heavy (non-hydrogen) atoms. The van der Waals surface area contributed by atoms with Crippen LogP contribution < -0.4 is 5.32 Å². The minimum absolute atomic E-state index is 0.381. The van der Waals surface area contributed by atoms with E-state index in [0.29, 0.717) is 17.6 Å². The third-order valence-corrected chi connectivity index (χ3v) is 4.37. The van der Waals surface area contributed by atoms with Gasteiger partial charge in [0.05, 0.1) is 5.02 Å². The molecule has 0 atom stereocenters. The molecule has 2 N–H and O–H groups in total. The first kappa shape index (κ1) is 11.4. The number of hydrogen-bond donors (Lipinski definition) is 2. The van der Waals surface area contributed by atoms with Crippen LogP contribution in [0.25, 0.3) is 0 Å². The third-order valence-electron chi connectivity index (χ3n) is 3.95. The van der Waals surface area contributed by atoms with Crippen molar-refractivity contribution < 1.29 is 5.11 Å². The van der Waals surface area contributed by atoms with Gasteiger partial charge in [0.2, 0.25) is 0 Å². The van der Waals surface area contributed by atoms with Crippen LogP contribution in [0.5, 0.6) is 5.75 Å². The molecule has 1 aromatic rings. The molecular weight excluding hydrogens is 234 g/mol. The van der Waals surface area contributed by atoms with Crippen LogP contribution in [0.4, 0.5) is 0 Å². The van der Waals surface area contributed by atoms with E-state index in [1.807, 2.05) is 12.1 Å². The van der Waals surface area contributed by atoms with E-state index in [2.05, 4.69) is 5.32 Å². The maximum absolute atomic E-state index is 10.1. The summed E-state index contributed by atoms with van der Waals surface area (Å²) in [6.07, 6.45) is 4.63. The summed E-state index contributed by atoms with van der Waals surface area (Å²) in [4.78, 5) is 0. The third kappa shape index (κ3) is 2.16. The smallest absolute Gasteiger partial charge is 0.120 e. The summed E-state index contributed by atoms with van der Waals surface area (Å²) in [6, 6.07) is 3.83. The van der Waals surface area contributed by atoms with Gasteiger partial charge in [-0.1, -0.05) is 17.7 Å². The van der Waals surface area contributed by atoms with Gasteiger partial charge in [0, 0.05) is 5.56 Å². The summed E-state index contributed by atoms with van der Waals surface area (Å²) in [5.41, 5.74) is 2.25. The lowest BCUT2D eigenvalue weighted by molar-refractivity contribution is 0.424. The van der Waals surface area contributed by atoms with Gasteiger partial charge < -0.3 is 10.4 Å². The highest BCUT2D eigenvalue weighted by Gasteiger charge is 2.29. The number of phenols is 1. The molecule has 3 rings (SSSR count). The highest BCUT2D eigenvalue weighted by molar-refractivity contribution is 6.32. The summed E-state index contributed by atoms with van der Waals surface area (Å²) in [7, 11) is 0. The van der Waals surface area contributed by atoms with Crippen LogP contribution in [0.2, 0.25) is 5.02 Å². The zero-order valence-electron chi connectivity index (χ0n) is 9.88. The molecule has 0 unspecified atom stereocenters. The van der Waals surface area contributed by atoms with E-state index < -0.39 is 0 Å². The van der Waals surface area contributed by atoms with Crippen LogP contribution >= 0.6 is 11.6 Å². The molecule has 0 amide bonds. The van der Waals surface area contributed by atoms with Crippen LogP contribution in [0.15, 0.2) is 12.1 Å². The van der Waals surface area contributed by atoms with Crippen molar-refractivity contribution in [1.29, 1.82) is 0 Å². The second-order valence-corrected chi connectivity index (χ2v) is 5.58. The first-order valence-corrected chi connectivity index (χ1v) is 6.87. The Morgan fingerprint density at radius 3 is 2.41 bits per heavy atom. The second kappa shape index (κ2) is 4.51. The van der Waals surface area contributed by atoms with E-state index >= 15 is 0 Å². The molecule has 3 heteroatoms. The van der Waals surface area contributed by atoms with Crippen molar-refractivity contribution in [1.82, 2.24) is 5.32 Å². The Bertz CT molecular complexity index is 422. The van der Waals surface area contributed by atoms with Crippen LogP contribution in [0, 0.1) is 0 Å². The Labute approximate surface area is 107 Å². The van der Waals surface area contributed by atoms with Gasteiger partial charge in [0.15, 0.2) is 0 Å². The van der Waals surface area contributed by atoms with Gasteiger partial charge >= 0.3 is 0 Å². The zero-order chi connectivity index (χ0) is 11.8. The Balaban J connectivity index is 1.97. The van der Waals surface area contributed by atoms with Gasteiger partial charge in [-0.2, -0.15) is 0 Å². The molecule has 2 nitrogen and oxygen atoms in total. The summed E-state index contributed by atoms with van der Waals surface area (Å²) in [5.74, 6) is 1.44. The van der Waals surface area contributed by atoms with Crippen molar-refractivity contribution in [2.24, 2.45) is 0 Å². The second-order valence-electron chi connectivity index (χ2n) is 5.20. The topological polar surface area (TPSA) is 32.3 Å². The fourth-order valence-electron chi connectivity index (χ4n) is 2.81. The van der Waals surface area contributed by atoms with Crippen LogP contribution in [0.1, 0.15) is 48.6 Å². The van der Waals surface area contributed by atoms with Gasteiger partial charge in [0.25, 0.3) is 0 Å². The number of hydrogen-bond acceptors (Lipinski definition) is 2. The minimum Gasteiger partial charge on any atom is -0.508 e. The SMILES string of the molecule is Oc1ccc(C2CC2)c(Cl)c1C1CCNCC1. The molecule has 1 aliphatic heterocycles. The van der Waals surface area contributed by atoms with E-state index in [9.17, 15) is 5.11 Å². The molecule has 1 saturated heterocycles. The molecule has 1 saturated carbocycles. The Morgan fingerprint density at radius 1 is 1.06 bits per heavy atom. The van der Waals surface area contributed by atoms with Crippen LogP contribution in [-0.2, 0) is 0 Å². The average Bonchev–Trinajstić information content (AvgIpc) is 3.15. The van der Waals surface area contributed by atoms with Gasteiger partial charge in [0.1, 0.15) is 5.75 Å². The van der Waals surface area contributed by atoms with Gasteiger partial charge in [-0.05, 0) is 62.2 Å². The normalized spacial score (nSPS) is 21.7. The predicted molar refractivity (Wildman–Crippen MR) is 69.9 cm³/mol. The Morgan fingerprint density at radius 2 is 1.76 bits per heavy atom. The molecule has 92 valence electrons. The molecule has 2 fully saturated rings. The molecule has 1 aliphatic carbocycles. The molecule has 0 aromatic heterocycles. The maximum atomic E-state index is 10.1. The largest absolute Gasteiger partial charge is 0.508 e. The first-order valence-electron chi connectivity index (χ1n) is 6.49. The fourth-order valence-corrected chi connectivity index (χ4v) is 3.28. The van der Waals surface area contributed by atoms with Crippen molar-refractivity contribution in [3.05, 3.63) is 28.3 Å². The van der Waals surface area contributed by atoms with Crippen molar-refractivity contribution in [2.45, 2.75) is 37.5 Å². The summed E-state index contributed by atoms with van der Waals surface area (Å²) >= 11 is 6.50. The summed E-state index contributed by atoms with van der Waals surface area (Å²) in [6.45, 7) is 2.04. The Kier molecular flexibility index (Phi) is 3.01. The standard InChI is InChI=1S/C14H18ClNO/c15-14-11(9-1-2-9)3-4-12(17)13(14)10-5-7-16-8-6-10/h3-4,9-10,16-17H,1-2,5-8H2. The highest BCUT2D eigenvalue weighted by Crippen LogP contribution is 2.48. The van der Waals surface area contributed by atoms with Crippen molar-refractivity contribution in [3.63, 3.8) is 0 Å². The average molecular weight is 252 g/mol. The van der Waals surface area contributed by atoms with E-state index in [0.717, 1.165) is 36.5 Å². The maximum Gasteiger partial charge on any atom is 0.120 e. The van der Waals surface area contributed by atoms with Crippen molar-refractivity contribution >= 4 is 11.6 Å². The Hall–Kier alpha value is -0.730.